The molecule has 150 valence electrons. The number of aryl methyl sites for hydroxylation is 1. The lowest BCUT2D eigenvalue weighted by atomic mass is 9.97. The highest BCUT2D eigenvalue weighted by atomic mass is 19.1. The van der Waals surface area contributed by atoms with E-state index in [1.807, 2.05) is 19.1 Å². The lowest BCUT2D eigenvalue weighted by molar-refractivity contribution is -0.143. The number of hydrogen-bond acceptors (Lipinski definition) is 5. The summed E-state index contributed by atoms with van der Waals surface area (Å²) in [5.74, 6) is 0.791. The van der Waals surface area contributed by atoms with Crippen LogP contribution in [0, 0.1) is 18.7 Å². The molecule has 0 spiro atoms. The fourth-order valence-corrected chi connectivity index (χ4v) is 3.24. The Morgan fingerprint density at radius 3 is 2.83 bits per heavy atom. The van der Waals surface area contributed by atoms with E-state index in [1.54, 1.807) is 18.2 Å². The van der Waals surface area contributed by atoms with Gasteiger partial charge in [-0.3, -0.25) is 4.79 Å². The van der Waals surface area contributed by atoms with Crippen LogP contribution in [0.2, 0.25) is 0 Å². The molecule has 4 rings (SSSR count). The van der Waals surface area contributed by atoms with Gasteiger partial charge in [0, 0.05) is 18.1 Å². The molecule has 1 N–H and O–H groups in total. The number of carbonyl (C=O) groups is 1. The first-order valence-corrected chi connectivity index (χ1v) is 9.33. The monoisotopic (exact) mass is 397 g/mol. The van der Waals surface area contributed by atoms with Crippen molar-refractivity contribution in [2.24, 2.45) is 5.92 Å². The van der Waals surface area contributed by atoms with Gasteiger partial charge in [-0.05, 0) is 49.2 Å². The maximum atomic E-state index is 13.1. The van der Waals surface area contributed by atoms with Crippen LogP contribution in [-0.4, -0.2) is 29.3 Å². The molecule has 3 aromatic rings. The van der Waals surface area contributed by atoms with Gasteiger partial charge in [0.2, 0.25) is 5.89 Å². The Labute approximate surface area is 166 Å². The fourth-order valence-electron chi connectivity index (χ4n) is 3.24. The molecule has 2 heterocycles. The summed E-state index contributed by atoms with van der Waals surface area (Å²) in [6.07, 6.45) is 1.00. The number of benzene rings is 2. The van der Waals surface area contributed by atoms with Crippen LogP contribution >= 0.6 is 0 Å². The minimum absolute atomic E-state index is 0.163. The van der Waals surface area contributed by atoms with Gasteiger partial charge in [0.05, 0.1) is 18.2 Å². The van der Waals surface area contributed by atoms with Crippen molar-refractivity contribution < 1.29 is 28.2 Å². The van der Waals surface area contributed by atoms with Crippen molar-refractivity contribution in [3.05, 3.63) is 65.3 Å². The standard InChI is InChI=1S/C22H20FNO5/c1-13-19(24-21(29-13)14-2-5-17(23)6-3-14)8-9-27-18-7-4-15-10-16(22(25)26)12-28-20(15)11-18/h2-7,11,16H,8-10,12H2,1H3,(H,25,26). The number of nitrogens with zero attached hydrogens (tertiary/aromatic N) is 1. The molecule has 2 aromatic carbocycles. The van der Waals surface area contributed by atoms with Crippen LogP contribution in [0.4, 0.5) is 4.39 Å². The van der Waals surface area contributed by atoms with Crippen molar-refractivity contribution in [2.75, 3.05) is 13.2 Å². The minimum Gasteiger partial charge on any atom is -0.493 e. The van der Waals surface area contributed by atoms with Gasteiger partial charge in [-0.15, -0.1) is 0 Å². The highest BCUT2D eigenvalue weighted by Gasteiger charge is 2.25. The molecule has 0 radical (unpaired) electrons. The van der Waals surface area contributed by atoms with Crippen molar-refractivity contribution in [1.29, 1.82) is 0 Å². The SMILES string of the molecule is Cc1oc(-c2ccc(F)cc2)nc1CCOc1ccc2c(c1)OCC(C(=O)O)C2. The molecule has 29 heavy (non-hydrogen) atoms. The third-order valence-corrected chi connectivity index (χ3v) is 4.89. The highest BCUT2D eigenvalue weighted by Crippen LogP contribution is 2.31. The number of fused-ring (bicyclic) bond motifs is 1. The lowest BCUT2D eigenvalue weighted by Crippen LogP contribution is -2.27. The second-order valence-corrected chi connectivity index (χ2v) is 6.95. The fraction of sp³-hybridized carbons (Fsp3) is 0.273. The summed E-state index contributed by atoms with van der Waals surface area (Å²) < 4.78 is 30.1. The summed E-state index contributed by atoms with van der Waals surface area (Å²) in [6, 6.07) is 11.4. The number of hydrogen-bond donors (Lipinski definition) is 1. The average Bonchev–Trinajstić information content (AvgIpc) is 3.08. The number of carboxylic acid groups (broad SMARTS) is 1. The zero-order valence-corrected chi connectivity index (χ0v) is 15.9. The Bertz CT molecular complexity index is 1030. The Morgan fingerprint density at radius 2 is 2.07 bits per heavy atom. The third-order valence-electron chi connectivity index (χ3n) is 4.89. The van der Waals surface area contributed by atoms with E-state index in [9.17, 15) is 9.18 Å². The number of oxazole rings is 1. The predicted octanol–water partition coefficient (Wildman–Crippen LogP) is 4.05. The maximum absolute atomic E-state index is 13.1. The normalized spacial score (nSPS) is 15.4. The van der Waals surface area contributed by atoms with E-state index in [2.05, 4.69) is 4.98 Å². The largest absolute Gasteiger partial charge is 0.493 e. The molecule has 0 amide bonds. The zero-order chi connectivity index (χ0) is 20.4. The summed E-state index contributed by atoms with van der Waals surface area (Å²) in [5.41, 5.74) is 2.36. The van der Waals surface area contributed by atoms with Gasteiger partial charge in [-0.25, -0.2) is 9.37 Å². The molecule has 0 bridgehead atoms. The third kappa shape index (κ3) is 4.23. The minimum atomic E-state index is -0.848. The summed E-state index contributed by atoms with van der Waals surface area (Å²) in [5, 5.41) is 9.12. The number of halogens is 1. The molecule has 1 unspecified atom stereocenters. The molecule has 0 saturated carbocycles. The Hall–Kier alpha value is -3.35. The van der Waals surface area contributed by atoms with E-state index in [0.29, 0.717) is 48.2 Å². The van der Waals surface area contributed by atoms with Crippen molar-refractivity contribution >= 4 is 5.97 Å². The Kier molecular flexibility index (Phi) is 5.20. The predicted molar refractivity (Wildman–Crippen MR) is 103 cm³/mol. The second kappa shape index (κ2) is 7.95. The van der Waals surface area contributed by atoms with Crippen LogP contribution in [0.3, 0.4) is 0 Å². The highest BCUT2D eigenvalue weighted by molar-refractivity contribution is 5.71. The average molecular weight is 397 g/mol. The molecule has 1 aromatic heterocycles. The summed E-state index contributed by atoms with van der Waals surface area (Å²) in [7, 11) is 0. The number of carboxylic acids is 1. The quantitative estimate of drug-likeness (QED) is 0.676. The van der Waals surface area contributed by atoms with Crippen molar-refractivity contribution in [3.8, 4) is 23.0 Å². The van der Waals surface area contributed by atoms with Gasteiger partial charge in [0.1, 0.15) is 29.7 Å². The molecule has 1 aliphatic rings. The molecule has 6 nitrogen and oxygen atoms in total. The van der Waals surface area contributed by atoms with Gasteiger partial charge in [0.15, 0.2) is 0 Å². The van der Waals surface area contributed by atoms with Crippen molar-refractivity contribution in [2.45, 2.75) is 19.8 Å². The number of aromatic nitrogens is 1. The number of ether oxygens (including phenoxy) is 2. The molecule has 0 aliphatic carbocycles. The van der Waals surface area contributed by atoms with E-state index < -0.39 is 11.9 Å². The lowest BCUT2D eigenvalue weighted by Gasteiger charge is -2.23. The van der Waals surface area contributed by atoms with Crippen LogP contribution in [-0.2, 0) is 17.6 Å². The van der Waals surface area contributed by atoms with Gasteiger partial charge < -0.3 is 19.0 Å². The van der Waals surface area contributed by atoms with Gasteiger partial charge >= 0.3 is 5.97 Å². The first kappa shape index (κ1) is 19.0. The number of aliphatic carboxylic acids is 1. The van der Waals surface area contributed by atoms with Crippen molar-refractivity contribution in [1.82, 2.24) is 4.98 Å². The van der Waals surface area contributed by atoms with Crippen LogP contribution in [0.1, 0.15) is 17.0 Å². The molecular weight excluding hydrogens is 377 g/mol. The molecular formula is C22H20FNO5. The van der Waals surface area contributed by atoms with Gasteiger partial charge in [0.25, 0.3) is 0 Å². The van der Waals surface area contributed by atoms with E-state index in [-0.39, 0.29) is 12.4 Å². The van der Waals surface area contributed by atoms with E-state index >= 15 is 0 Å². The smallest absolute Gasteiger partial charge is 0.310 e. The summed E-state index contributed by atoms with van der Waals surface area (Å²) in [4.78, 5) is 15.6. The van der Waals surface area contributed by atoms with Crippen LogP contribution in [0.5, 0.6) is 11.5 Å². The molecule has 0 saturated heterocycles. The Morgan fingerprint density at radius 1 is 1.28 bits per heavy atom. The topological polar surface area (TPSA) is 81.8 Å². The van der Waals surface area contributed by atoms with Crippen molar-refractivity contribution in [3.63, 3.8) is 0 Å². The van der Waals surface area contributed by atoms with Crippen LogP contribution in [0.25, 0.3) is 11.5 Å². The zero-order valence-electron chi connectivity index (χ0n) is 15.9. The van der Waals surface area contributed by atoms with Gasteiger partial charge in [-0.2, -0.15) is 0 Å². The molecule has 1 atom stereocenters. The van der Waals surface area contributed by atoms with E-state index in [4.69, 9.17) is 19.0 Å². The second-order valence-electron chi connectivity index (χ2n) is 6.95. The molecule has 0 fully saturated rings. The van der Waals surface area contributed by atoms with Gasteiger partial charge in [-0.1, -0.05) is 6.07 Å². The maximum Gasteiger partial charge on any atom is 0.310 e. The van der Waals surface area contributed by atoms with Crippen LogP contribution in [0.15, 0.2) is 46.9 Å². The summed E-state index contributed by atoms with van der Waals surface area (Å²) >= 11 is 0. The number of rotatable bonds is 6. The molecule has 7 heteroatoms. The molecule has 1 aliphatic heterocycles. The van der Waals surface area contributed by atoms with Crippen LogP contribution < -0.4 is 9.47 Å². The Balaban J connectivity index is 1.37. The first-order chi connectivity index (χ1) is 14.0. The summed E-state index contributed by atoms with van der Waals surface area (Å²) in [6.45, 7) is 2.39. The first-order valence-electron chi connectivity index (χ1n) is 9.33. The van der Waals surface area contributed by atoms with E-state index in [0.717, 1.165) is 11.3 Å². The van der Waals surface area contributed by atoms with E-state index in [1.165, 1.54) is 12.1 Å².